The standard InChI is InChI=1S/C20H13FN2O/c21-16-11-12-17-18(13-16)23(24)20(15-9-5-2-6-10-15)19(22-17)14-7-3-1-4-8-14/h1-13H. The van der Waals surface area contributed by atoms with Crippen LogP contribution in [0.2, 0.25) is 0 Å². The Balaban J connectivity index is 2.12. The summed E-state index contributed by atoms with van der Waals surface area (Å²) in [6, 6.07) is 22.9. The van der Waals surface area contributed by atoms with E-state index in [1.54, 1.807) is 0 Å². The molecule has 24 heavy (non-hydrogen) atoms. The molecule has 0 atom stereocenters. The lowest BCUT2D eigenvalue weighted by atomic mass is 10.0. The number of hydrogen-bond donors (Lipinski definition) is 0. The first-order valence-corrected chi connectivity index (χ1v) is 7.58. The van der Waals surface area contributed by atoms with Crippen LogP contribution < -0.4 is 4.73 Å². The molecule has 3 nitrogen and oxygen atoms in total. The average molecular weight is 316 g/mol. The lowest BCUT2D eigenvalue weighted by Crippen LogP contribution is -2.32. The molecule has 0 saturated carbocycles. The van der Waals surface area contributed by atoms with E-state index in [0.29, 0.717) is 16.9 Å². The van der Waals surface area contributed by atoms with Crippen LogP contribution in [0, 0.1) is 11.0 Å². The average Bonchev–Trinajstić information content (AvgIpc) is 2.63. The highest BCUT2D eigenvalue weighted by Crippen LogP contribution is 2.29. The van der Waals surface area contributed by atoms with Gasteiger partial charge in [-0.25, -0.2) is 9.37 Å². The van der Waals surface area contributed by atoms with Crippen molar-refractivity contribution in [3.63, 3.8) is 0 Å². The number of fused-ring (bicyclic) bond motifs is 1. The molecule has 0 fully saturated rings. The fraction of sp³-hybridized carbons (Fsp3) is 0. The minimum atomic E-state index is -0.458. The maximum Gasteiger partial charge on any atom is 0.250 e. The Morgan fingerprint density at radius 1 is 0.792 bits per heavy atom. The molecule has 4 heteroatoms. The molecule has 0 saturated heterocycles. The van der Waals surface area contributed by atoms with Gasteiger partial charge in [-0.1, -0.05) is 48.5 Å². The van der Waals surface area contributed by atoms with Gasteiger partial charge in [0.15, 0.2) is 0 Å². The lowest BCUT2D eigenvalue weighted by molar-refractivity contribution is -0.564. The van der Waals surface area contributed by atoms with E-state index in [0.717, 1.165) is 15.9 Å². The van der Waals surface area contributed by atoms with Crippen LogP contribution in [0.25, 0.3) is 33.5 Å². The highest BCUT2D eigenvalue weighted by atomic mass is 19.1. The normalized spacial score (nSPS) is 10.9. The monoisotopic (exact) mass is 316 g/mol. The molecule has 116 valence electrons. The van der Waals surface area contributed by atoms with Crippen LogP contribution in [0.3, 0.4) is 0 Å². The molecule has 0 spiro atoms. The molecule has 1 heterocycles. The summed E-state index contributed by atoms with van der Waals surface area (Å²) in [5, 5.41) is 13.0. The van der Waals surface area contributed by atoms with Crippen molar-refractivity contribution in [3.05, 3.63) is 89.9 Å². The Morgan fingerprint density at radius 3 is 2.08 bits per heavy atom. The zero-order valence-corrected chi connectivity index (χ0v) is 12.7. The van der Waals surface area contributed by atoms with Crippen molar-refractivity contribution in [2.24, 2.45) is 0 Å². The molecule has 0 bridgehead atoms. The number of halogens is 1. The van der Waals surface area contributed by atoms with Crippen molar-refractivity contribution in [1.29, 1.82) is 0 Å². The van der Waals surface area contributed by atoms with E-state index in [2.05, 4.69) is 4.98 Å². The molecule has 0 aliphatic carbocycles. The first-order valence-electron chi connectivity index (χ1n) is 7.58. The van der Waals surface area contributed by atoms with E-state index in [-0.39, 0.29) is 5.52 Å². The summed E-state index contributed by atoms with van der Waals surface area (Å²) in [6.45, 7) is 0. The van der Waals surface area contributed by atoms with Gasteiger partial charge < -0.3 is 5.21 Å². The van der Waals surface area contributed by atoms with Gasteiger partial charge in [-0.2, -0.15) is 4.73 Å². The summed E-state index contributed by atoms with van der Waals surface area (Å²) >= 11 is 0. The number of nitrogens with zero attached hydrogens (tertiary/aromatic N) is 2. The third kappa shape index (κ3) is 2.38. The van der Waals surface area contributed by atoms with Crippen molar-refractivity contribution in [1.82, 2.24) is 4.98 Å². The fourth-order valence-electron chi connectivity index (χ4n) is 2.79. The Bertz CT molecular complexity index is 1020. The van der Waals surface area contributed by atoms with E-state index in [4.69, 9.17) is 0 Å². The van der Waals surface area contributed by atoms with E-state index in [9.17, 15) is 9.60 Å². The summed E-state index contributed by atoms with van der Waals surface area (Å²) < 4.78 is 14.4. The minimum Gasteiger partial charge on any atom is -0.618 e. The molecule has 1 aromatic heterocycles. The van der Waals surface area contributed by atoms with Crippen molar-refractivity contribution < 1.29 is 9.12 Å². The van der Waals surface area contributed by atoms with Crippen LogP contribution in [0.1, 0.15) is 0 Å². The zero-order valence-electron chi connectivity index (χ0n) is 12.7. The smallest absolute Gasteiger partial charge is 0.250 e. The third-order valence-corrected chi connectivity index (χ3v) is 3.91. The van der Waals surface area contributed by atoms with Crippen molar-refractivity contribution in [2.45, 2.75) is 0 Å². The summed E-state index contributed by atoms with van der Waals surface area (Å²) in [5.74, 6) is -0.458. The van der Waals surface area contributed by atoms with Gasteiger partial charge in [-0.05, 0) is 24.3 Å². The first-order chi connectivity index (χ1) is 11.7. The molecular weight excluding hydrogens is 303 g/mol. The first kappa shape index (κ1) is 14.3. The Labute approximate surface area is 138 Å². The summed E-state index contributed by atoms with van der Waals surface area (Å²) in [7, 11) is 0. The second-order valence-corrected chi connectivity index (χ2v) is 5.47. The van der Waals surface area contributed by atoms with Crippen LogP contribution >= 0.6 is 0 Å². The van der Waals surface area contributed by atoms with Gasteiger partial charge in [0.1, 0.15) is 17.0 Å². The summed E-state index contributed by atoms with van der Waals surface area (Å²) in [6.07, 6.45) is 0. The molecule has 0 aliphatic heterocycles. The summed E-state index contributed by atoms with van der Waals surface area (Å²) in [5.41, 5.74) is 3.26. The molecule has 0 radical (unpaired) electrons. The second kappa shape index (κ2) is 5.74. The topological polar surface area (TPSA) is 39.8 Å². The maximum absolute atomic E-state index is 13.6. The molecule has 0 N–H and O–H groups in total. The summed E-state index contributed by atoms with van der Waals surface area (Å²) in [4.78, 5) is 4.64. The van der Waals surface area contributed by atoms with Crippen molar-refractivity contribution in [3.8, 4) is 22.5 Å². The lowest BCUT2D eigenvalue weighted by Gasteiger charge is -2.12. The van der Waals surface area contributed by atoms with Gasteiger partial charge in [-0.3, -0.25) is 0 Å². The second-order valence-electron chi connectivity index (χ2n) is 5.47. The van der Waals surface area contributed by atoms with Gasteiger partial charge in [0.2, 0.25) is 5.52 Å². The quantitative estimate of drug-likeness (QED) is 0.407. The number of benzene rings is 3. The van der Waals surface area contributed by atoms with Gasteiger partial charge in [-0.15, -0.1) is 0 Å². The zero-order chi connectivity index (χ0) is 16.5. The highest BCUT2D eigenvalue weighted by Gasteiger charge is 2.22. The Hall–Kier alpha value is -3.27. The molecule has 0 unspecified atom stereocenters. The number of hydrogen-bond acceptors (Lipinski definition) is 2. The molecule has 3 aromatic carbocycles. The van der Waals surface area contributed by atoms with E-state index >= 15 is 0 Å². The van der Waals surface area contributed by atoms with Gasteiger partial charge in [0.25, 0.3) is 5.69 Å². The number of rotatable bonds is 2. The van der Waals surface area contributed by atoms with Crippen LogP contribution in [0.15, 0.2) is 78.9 Å². The Kier molecular flexibility index (Phi) is 3.43. The van der Waals surface area contributed by atoms with Crippen molar-refractivity contribution >= 4 is 11.0 Å². The van der Waals surface area contributed by atoms with E-state index in [1.807, 2.05) is 60.7 Å². The SMILES string of the molecule is [O-][n+]1c(-c2ccccc2)c(-c2ccccc2)nc2ccc(F)cc21. The van der Waals surface area contributed by atoms with Gasteiger partial charge in [0.05, 0.1) is 0 Å². The number of aromatic nitrogens is 2. The fourth-order valence-corrected chi connectivity index (χ4v) is 2.79. The van der Waals surface area contributed by atoms with Gasteiger partial charge >= 0.3 is 0 Å². The molecule has 0 aliphatic rings. The molecule has 0 amide bonds. The minimum absolute atomic E-state index is 0.216. The molecule has 4 aromatic rings. The predicted molar refractivity (Wildman–Crippen MR) is 91.5 cm³/mol. The van der Waals surface area contributed by atoms with Crippen molar-refractivity contribution in [2.75, 3.05) is 0 Å². The van der Waals surface area contributed by atoms with Crippen LogP contribution in [0.4, 0.5) is 4.39 Å². The molecular formula is C20H13FN2O. The van der Waals surface area contributed by atoms with Crippen LogP contribution in [-0.2, 0) is 0 Å². The van der Waals surface area contributed by atoms with Crippen LogP contribution in [0.5, 0.6) is 0 Å². The Morgan fingerprint density at radius 2 is 1.42 bits per heavy atom. The van der Waals surface area contributed by atoms with E-state index in [1.165, 1.54) is 18.2 Å². The molecule has 4 rings (SSSR count). The highest BCUT2D eigenvalue weighted by molar-refractivity contribution is 5.82. The van der Waals surface area contributed by atoms with Crippen LogP contribution in [-0.4, -0.2) is 4.98 Å². The van der Waals surface area contributed by atoms with E-state index < -0.39 is 5.82 Å². The predicted octanol–water partition coefficient (Wildman–Crippen LogP) is 4.34. The third-order valence-electron chi connectivity index (χ3n) is 3.91. The van der Waals surface area contributed by atoms with Gasteiger partial charge in [0, 0.05) is 17.2 Å². The maximum atomic E-state index is 13.6. The largest absolute Gasteiger partial charge is 0.618 e.